The van der Waals surface area contributed by atoms with Gasteiger partial charge in [-0.1, -0.05) is 149 Å². The van der Waals surface area contributed by atoms with Gasteiger partial charge in [0.2, 0.25) is 5.69 Å². The zero-order valence-electron chi connectivity index (χ0n) is 42.5. The Morgan fingerprint density at radius 2 is 0.890 bits per heavy atom. The highest BCUT2D eigenvalue weighted by Crippen LogP contribution is 2.75. The molecule has 4 heterocycles. The average molecular weight is 943 g/mol. The Kier molecular flexibility index (Phi) is 9.25. The molecule has 73 heavy (non-hydrogen) atoms. The number of pyridine rings is 2. The zero-order valence-corrected chi connectivity index (χ0v) is 42.5. The molecule has 0 fully saturated rings. The average Bonchev–Trinajstić information content (AvgIpc) is 3.86. The van der Waals surface area contributed by atoms with E-state index >= 15 is 0 Å². The smallest absolute Gasteiger partial charge is 0.216 e. The molecule has 0 N–H and O–H groups in total. The molecule has 7 aromatic carbocycles. The Bertz CT molecular complexity index is 3650. The molecule has 0 radical (unpaired) electrons. The van der Waals surface area contributed by atoms with E-state index < -0.39 is 27.1 Å². The standard InChI is InChI=1S/C67H54N6/c1-63(2)50-38-43(41-22-12-10-13-23-41)32-34-52(50)72(54-30-20-36-70-61(54)63)59-47(40-68)56-57(66(7,8)67(65(56,5)6)48-28-18-16-26-45(48)46-27-17-19-29-49(46)67)58(69-9)60(59)73-53-35-33-44(42-24-14-11-15-25-42)39-51(53)64(3,4)62-55(73)31-21-37-71-62/h10-39H,1-8H3. The Labute approximate surface area is 428 Å². The van der Waals surface area contributed by atoms with Crippen LogP contribution >= 0.6 is 0 Å². The van der Waals surface area contributed by atoms with Crippen molar-refractivity contribution in [3.63, 3.8) is 0 Å². The van der Waals surface area contributed by atoms with E-state index in [1.54, 1.807) is 0 Å². The number of fused-ring (bicyclic) bond motifs is 10. The summed E-state index contributed by atoms with van der Waals surface area (Å²) in [6, 6.07) is 63.4. The lowest BCUT2D eigenvalue weighted by atomic mass is 9.52. The van der Waals surface area contributed by atoms with Gasteiger partial charge in [-0.3, -0.25) is 9.97 Å². The molecule has 0 bridgehead atoms. The molecule has 6 nitrogen and oxygen atoms in total. The van der Waals surface area contributed by atoms with E-state index in [1.165, 1.54) is 22.3 Å². The maximum atomic E-state index is 12.6. The number of nitrogens with zero attached hydrogens (tertiary/aromatic N) is 6. The molecular formula is C67H54N6. The first kappa shape index (κ1) is 44.4. The SMILES string of the molecule is [C-]#[N+]c1c(N2c3ccc(-c4ccccc4)cc3C(C)(C)c3ncccc32)c(N2c3ccc(-c4ccccc4)cc3C(C)(C)c3ncccc32)c(C#N)c2c1C(C)(C)C1(c3ccccc3-c3ccccc31)C2(C)C. The monoisotopic (exact) mass is 942 g/mol. The minimum atomic E-state index is -0.731. The predicted octanol–water partition coefficient (Wildman–Crippen LogP) is 17.0. The number of hydrogen-bond donors (Lipinski definition) is 0. The molecular weight excluding hydrogens is 889 g/mol. The maximum absolute atomic E-state index is 12.6. The summed E-state index contributed by atoms with van der Waals surface area (Å²) >= 11 is 0. The molecule has 0 unspecified atom stereocenters. The van der Waals surface area contributed by atoms with Crippen LogP contribution in [0.25, 0.3) is 38.2 Å². The minimum absolute atomic E-state index is 0.520. The summed E-state index contributed by atoms with van der Waals surface area (Å²) in [5.74, 6) is 0. The van der Waals surface area contributed by atoms with E-state index in [9.17, 15) is 11.8 Å². The summed E-state index contributed by atoms with van der Waals surface area (Å²) in [6.45, 7) is 28.1. The minimum Gasteiger partial charge on any atom is -0.316 e. The molecule has 2 aliphatic heterocycles. The Hall–Kier alpha value is -8.58. The summed E-state index contributed by atoms with van der Waals surface area (Å²) in [5.41, 5.74) is 17.7. The summed E-state index contributed by atoms with van der Waals surface area (Å²) < 4.78 is 0. The lowest BCUT2D eigenvalue weighted by Gasteiger charge is -2.49. The van der Waals surface area contributed by atoms with Gasteiger partial charge in [0, 0.05) is 39.7 Å². The molecule has 0 amide bonds. The van der Waals surface area contributed by atoms with E-state index in [2.05, 4.69) is 217 Å². The highest BCUT2D eigenvalue weighted by atomic mass is 15.2. The van der Waals surface area contributed by atoms with Crippen LogP contribution in [0.15, 0.2) is 182 Å². The van der Waals surface area contributed by atoms with E-state index in [4.69, 9.17) is 14.8 Å². The Morgan fingerprint density at radius 3 is 1.36 bits per heavy atom. The first-order valence-electron chi connectivity index (χ1n) is 25.3. The van der Waals surface area contributed by atoms with Crippen molar-refractivity contribution in [2.24, 2.45) is 0 Å². The highest BCUT2D eigenvalue weighted by molar-refractivity contribution is 6.07. The summed E-state index contributed by atoms with van der Waals surface area (Å²) in [6.07, 6.45) is 3.76. The van der Waals surface area contributed by atoms with Crippen LogP contribution in [0.5, 0.6) is 0 Å². The van der Waals surface area contributed by atoms with Gasteiger partial charge in [0.15, 0.2) is 0 Å². The second kappa shape index (κ2) is 15.2. The molecule has 13 rings (SSSR count). The van der Waals surface area contributed by atoms with Crippen LogP contribution < -0.4 is 9.80 Å². The molecule has 2 aromatic heterocycles. The van der Waals surface area contributed by atoms with Gasteiger partial charge in [0.1, 0.15) is 6.07 Å². The predicted molar refractivity (Wildman–Crippen MR) is 296 cm³/mol. The summed E-state index contributed by atoms with van der Waals surface area (Å²) in [4.78, 5) is 19.9. The van der Waals surface area contributed by atoms with Crippen LogP contribution in [0.2, 0.25) is 0 Å². The molecule has 4 aliphatic rings. The normalized spacial score (nSPS) is 17.0. The third-order valence-corrected chi connectivity index (χ3v) is 17.4. The van der Waals surface area contributed by atoms with Gasteiger partial charge in [-0.05, 0) is 148 Å². The molecule has 2 aliphatic carbocycles. The Morgan fingerprint density at radius 1 is 0.452 bits per heavy atom. The lowest BCUT2D eigenvalue weighted by molar-refractivity contribution is 0.232. The van der Waals surface area contributed by atoms with Crippen molar-refractivity contribution in [3.8, 4) is 39.4 Å². The van der Waals surface area contributed by atoms with Crippen molar-refractivity contribution >= 4 is 39.8 Å². The van der Waals surface area contributed by atoms with E-state index in [0.717, 1.165) is 78.6 Å². The molecule has 352 valence electrons. The van der Waals surface area contributed by atoms with Gasteiger partial charge in [-0.25, -0.2) is 4.85 Å². The van der Waals surface area contributed by atoms with Gasteiger partial charge in [-0.2, -0.15) is 5.26 Å². The molecule has 0 saturated heterocycles. The number of hydrogen-bond acceptors (Lipinski definition) is 5. The van der Waals surface area contributed by atoms with Gasteiger partial charge in [0.05, 0.1) is 52.0 Å². The van der Waals surface area contributed by atoms with Crippen molar-refractivity contribution in [1.29, 1.82) is 5.26 Å². The van der Waals surface area contributed by atoms with Gasteiger partial charge in [-0.15, -0.1) is 0 Å². The van der Waals surface area contributed by atoms with Crippen molar-refractivity contribution in [3.05, 3.63) is 244 Å². The number of anilines is 6. The lowest BCUT2D eigenvalue weighted by Crippen LogP contribution is -2.51. The van der Waals surface area contributed by atoms with E-state index in [1.807, 2.05) is 36.7 Å². The number of benzene rings is 7. The first-order valence-corrected chi connectivity index (χ1v) is 25.3. The summed E-state index contributed by atoms with van der Waals surface area (Å²) in [5, 5.41) is 12.6. The molecule has 0 atom stereocenters. The van der Waals surface area contributed by atoms with Gasteiger partial charge < -0.3 is 9.80 Å². The van der Waals surface area contributed by atoms with E-state index in [-0.39, 0.29) is 0 Å². The zero-order chi connectivity index (χ0) is 50.4. The van der Waals surface area contributed by atoms with Crippen molar-refractivity contribution in [1.82, 2.24) is 9.97 Å². The second-order valence-corrected chi connectivity index (χ2v) is 22.3. The maximum Gasteiger partial charge on any atom is 0.216 e. The fraction of sp³-hybridized carbons (Fsp3) is 0.194. The number of rotatable bonds is 4. The van der Waals surface area contributed by atoms with Crippen molar-refractivity contribution < 1.29 is 0 Å². The number of aromatic nitrogens is 2. The fourth-order valence-corrected chi connectivity index (χ4v) is 14.5. The summed E-state index contributed by atoms with van der Waals surface area (Å²) in [7, 11) is 0. The third kappa shape index (κ3) is 5.56. The Balaban J connectivity index is 1.22. The fourth-order valence-electron chi connectivity index (χ4n) is 14.5. The van der Waals surface area contributed by atoms with Gasteiger partial charge >= 0.3 is 0 Å². The van der Waals surface area contributed by atoms with Crippen LogP contribution in [0.4, 0.5) is 39.8 Å². The molecule has 6 heteroatoms. The molecule has 1 spiro atoms. The van der Waals surface area contributed by atoms with Crippen molar-refractivity contribution in [2.75, 3.05) is 9.80 Å². The largest absolute Gasteiger partial charge is 0.316 e. The topological polar surface area (TPSA) is 60.4 Å². The number of nitriles is 1. The second-order valence-electron chi connectivity index (χ2n) is 22.3. The third-order valence-electron chi connectivity index (χ3n) is 17.4. The highest BCUT2D eigenvalue weighted by Gasteiger charge is 2.69. The van der Waals surface area contributed by atoms with E-state index in [0.29, 0.717) is 22.6 Å². The van der Waals surface area contributed by atoms with Gasteiger partial charge in [0.25, 0.3) is 0 Å². The van der Waals surface area contributed by atoms with Crippen LogP contribution in [-0.2, 0) is 27.1 Å². The quantitative estimate of drug-likeness (QED) is 0.165. The molecule has 0 saturated carbocycles. The van der Waals surface area contributed by atoms with Crippen LogP contribution in [0.1, 0.15) is 106 Å². The van der Waals surface area contributed by atoms with Crippen LogP contribution in [-0.4, -0.2) is 9.97 Å². The first-order chi connectivity index (χ1) is 35.2. The van der Waals surface area contributed by atoms with Crippen molar-refractivity contribution in [2.45, 2.75) is 82.5 Å². The molecule has 9 aromatic rings. The van der Waals surface area contributed by atoms with Crippen LogP contribution in [0, 0.1) is 17.9 Å². The van der Waals surface area contributed by atoms with Crippen LogP contribution in [0.3, 0.4) is 0 Å².